The van der Waals surface area contributed by atoms with Crippen LogP contribution in [0.1, 0.15) is 5.56 Å². The zero-order valence-electron chi connectivity index (χ0n) is 12.9. The van der Waals surface area contributed by atoms with Gasteiger partial charge in [0.05, 0.1) is 6.54 Å². The van der Waals surface area contributed by atoms with Gasteiger partial charge in [0.2, 0.25) is 6.79 Å². The quantitative estimate of drug-likeness (QED) is 0.754. The molecular formula is C17H13NO7. The molecule has 1 N–H and O–H groups in total. The van der Waals surface area contributed by atoms with Crippen LogP contribution in [-0.4, -0.2) is 29.0 Å². The highest BCUT2D eigenvalue weighted by Gasteiger charge is 2.18. The van der Waals surface area contributed by atoms with Crippen LogP contribution in [0.25, 0.3) is 11.1 Å². The number of hydrogen-bond acceptors (Lipinski definition) is 6. The molecule has 2 heterocycles. The van der Waals surface area contributed by atoms with E-state index < -0.39 is 18.3 Å². The molecule has 4 rings (SSSR count). The first-order valence-corrected chi connectivity index (χ1v) is 7.47. The summed E-state index contributed by atoms with van der Waals surface area (Å²) in [7, 11) is 0. The first-order valence-electron chi connectivity index (χ1n) is 7.47. The molecule has 3 aromatic rings. The average molecular weight is 343 g/mol. The van der Waals surface area contributed by atoms with Crippen molar-refractivity contribution in [3.8, 4) is 17.2 Å². The van der Waals surface area contributed by atoms with Gasteiger partial charge in [-0.2, -0.15) is 0 Å². The Labute approximate surface area is 140 Å². The average Bonchev–Trinajstić information content (AvgIpc) is 3.17. The highest BCUT2D eigenvalue weighted by molar-refractivity contribution is 5.81. The third-order valence-corrected chi connectivity index (χ3v) is 3.78. The van der Waals surface area contributed by atoms with E-state index in [1.807, 2.05) is 6.07 Å². The van der Waals surface area contributed by atoms with Gasteiger partial charge in [-0.3, -0.25) is 4.57 Å². The monoisotopic (exact) mass is 343 g/mol. The minimum Gasteiger partial charge on any atom is -0.480 e. The fourth-order valence-electron chi connectivity index (χ4n) is 2.71. The van der Waals surface area contributed by atoms with Crippen LogP contribution in [0.5, 0.6) is 17.2 Å². The number of carboxylic acids is 1. The summed E-state index contributed by atoms with van der Waals surface area (Å²) in [5.74, 6) is -0.130. The lowest BCUT2D eigenvalue weighted by atomic mass is 10.2. The number of oxazole rings is 1. The number of ether oxygens (including phenoxy) is 3. The van der Waals surface area contributed by atoms with Gasteiger partial charge in [0.1, 0.15) is 11.3 Å². The van der Waals surface area contributed by atoms with E-state index in [1.54, 1.807) is 30.3 Å². The van der Waals surface area contributed by atoms with Crippen LogP contribution in [0.4, 0.5) is 0 Å². The first-order chi connectivity index (χ1) is 12.1. The number of carboxylic acid groups (broad SMARTS) is 1. The summed E-state index contributed by atoms with van der Waals surface area (Å²) in [6.45, 7) is -0.126. The molecule has 0 amide bonds. The number of carbonyl (C=O) groups is 1. The molecule has 2 aromatic carbocycles. The summed E-state index contributed by atoms with van der Waals surface area (Å²) in [5.41, 5.74) is 1.54. The molecule has 0 radical (unpaired) electrons. The lowest BCUT2D eigenvalue weighted by Gasteiger charge is -2.08. The molecule has 8 heteroatoms. The van der Waals surface area contributed by atoms with Gasteiger partial charge in [-0.15, -0.1) is 0 Å². The van der Waals surface area contributed by atoms with Crippen molar-refractivity contribution in [2.75, 3.05) is 13.4 Å². The van der Waals surface area contributed by atoms with Gasteiger partial charge in [0.15, 0.2) is 23.7 Å². The maximum atomic E-state index is 12.2. The van der Waals surface area contributed by atoms with Crippen LogP contribution >= 0.6 is 0 Å². The zero-order valence-corrected chi connectivity index (χ0v) is 12.9. The third kappa shape index (κ3) is 2.78. The van der Waals surface area contributed by atoms with Gasteiger partial charge in [-0.05, 0) is 29.8 Å². The highest BCUT2D eigenvalue weighted by Crippen LogP contribution is 2.33. The molecular weight excluding hydrogens is 330 g/mol. The second-order valence-electron chi connectivity index (χ2n) is 5.43. The predicted molar refractivity (Wildman–Crippen MR) is 85.3 cm³/mol. The SMILES string of the molecule is O=C(O)COc1cccc2oc(=O)n(Cc3ccc4c(c3)OCO4)c12. The smallest absolute Gasteiger partial charge is 0.420 e. The van der Waals surface area contributed by atoms with Gasteiger partial charge < -0.3 is 23.7 Å². The van der Waals surface area contributed by atoms with Gasteiger partial charge in [-0.25, -0.2) is 9.59 Å². The van der Waals surface area contributed by atoms with E-state index in [9.17, 15) is 9.59 Å². The predicted octanol–water partition coefficient (Wildman–Crippen LogP) is 1.83. The normalized spacial score (nSPS) is 12.5. The Morgan fingerprint density at radius 1 is 1.20 bits per heavy atom. The van der Waals surface area contributed by atoms with E-state index in [-0.39, 0.29) is 19.1 Å². The molecule has 0 bridgehead atoms. The Bertz CT molecular complexity index is 1020. The second kappa shape index (κ2) is 5.90. The number of aliphatic carboxylic acids is 1. The second-order valence-corrected chi connectivity index (χ2v) is 5.43. The van der Waals surface area contributed by atoms with E-state index in [0.29, 0.717) is 22.6 Å². The van der Waals surface area contributed by atoms with Crippen LogP contribution in [-0.2, 0) is 11.3 Å². The van der Waals surface area contributed by atoms with E-state index in [1.165, 1.54) is 4.57 Å². The summed E-state index contributed by atoms with van der Waals surface area (Å²) in [6, 6.07) is 10.2. The number of hydrogen-bond donors (Lipinski definition) is 1. The standard InChI is InChI=1S/C17H13NO7/c19-15(20)8-22-12-2-1-3-13-16(12)18(17(21)25-13)7-10-4-5-11-14(6-10)24-9-23-11/h1-6H,7-9H2,(H,19,20). The maximum absolute atomic E-state index is 12.2. The van der Waals surface area contributed by atoms with Crippen LogP contribution in [0.15, 0.2) is 45.6 Å². The zero-order chi connectivity index (χ0) is 17.4. The van der Waals surface area contributed by atoms with Crippen molar-refractivity contribution in [1.82, 2.24) is 4.57 Å². The van der Waals surface area contributed by atoms with E-state index in [0.717, 1.165) is 5.56 Å². The lowest BCUT2D eigenvalue weighted by Crippen LogP contribution is -2.16. The molecule has 8 nitrogen and oxygen atoms in total. The molecule has 1 aliphatic heterocycles. The fraction of sp³-hybridized carbons (Fsp3) is 0.176. The Morgan fingerprint density at radius 2 is 2.04 bits per heavy atom. The Hall–Kier alpha value is -3.42. The molecule has 0 saturated heterocycles. The van der Waals surface area contributed by atoms with Crippen molar-refractivity contribution in [2.24, 2.45) is 0 Å². The molecule has 0 saturated carbocycles. The van der Waals surface area contributed by atoms with E-state index in [4.69, 9.17) is 23.7 Å². The third-order valence-electron chi connectivity index (χ3n) is 3.78. The Balaban J connectivity index is 1.74. The summed E-state index contributed by atoms with van der Waals surface area (Å²) in [4.78, 5) is 23.0. The van der Waals surface area contributed by atoms with Crippen LogP contribution < -0.4 is 20.0 Å². The molecule has 1 aromatic heterocycles. The molecule has 0 unspecified atom stereocenters. The number of aromatic nitrogens is 1. The van der Waals surface area contributed by atoms with Crippen LogP contribution in [0, 0.1) is 0 Å². The maximum Gasteiger partial charge on any atom is 0.420 e. The van der Waals surface area contributed by atoms with Crippen LogP contribution in [0.2, 0.25) is 0 Å². The van der Waals surface area contributed by atoms with Crippen molar-refractivity contribution in [3.05, 3.63) is 52.5 Å². The number of rotatable bonds is 5. The summed E-state index contributed by atoms with van der Waals surface area (Å²) >= 11 is 0. The summed E-state index contributed by atoms with van der Waals surface area (Å²) < 4.78 is 22.5. The Morgan fingerprint density at radius 3 is 2.88 bits per heavy atom. The minimum atomic E-state index is -1.11. The molecule has 1 aliphatic rings. The van der Waals surface area contributed by atoms with Gasteiger partial charge in [0.25, 0.3) is 0 Å². The van der Waals surface area contributed by atoms with Gasteiger partial charge in [-0.1, -0.05) is 12.1 Å². The first kappa shape index (κ1) is 15.1. The number of nitrogens with zero attached hydrogens (tertiary/aromatic N) is 1. The summed E-state index contributed by atoms with van der Waals surface area (Å²) in [6.07, 6.45) is 0. The molecule has 128 valence electrons. The molecule has 0 spiro atoms. The van der Waals surface area contributed by atoms with E-state index >= 15 is 0 Å². The largest absolute Gasteiger partial charge is 0.480 e. The minimum absolute atomic E-state index is 0.167. The number of fused-ring (bicyclic) bond motifs is 2. The van der Waals surface area contributed by atoms with Gasteiger partial charge in [0, 0.05) is 0 Å². The van der Waals surface area contributed by atoms with Crippen molar-refractivity contribution in [1.29, 1.82) is 0 Å². The molecule has 0 fully saturated rings. The number of benzene rings is 2. The Kier molecular flexibility index (Phi) is 3.57. The molecule has 0 atom stereocenters. The van der Waals surface area contributed by atoms with Crippen molar-refractivity contribution in [2.45, 2.75) is 6.54 Å². The van der Waals surface area contributed by atoms with Crippen molar-refractivity contribution in [3.63, 3.8) is 0 Å². The topological polar surface area (TPSA) is 100 Å². The fourth-order valence-corrected chi connectivity index (χ4v) is 2.71. The number of para-hydroxylation sites is 1. The lowest BCUT2D eigenvalue weighted by molar-refractivity contribution is -0.139. The summed E-state index contributed by atoms with van der Waals surface area (Å²) in [5, 5.41) is 8.80. The van der Waals surface area contributed by atoms with Crippen molar-refractivity contribution < 1.29 is 28.5 Å². The van der Waals surface area contributed by atoms with Gasteiger partial charge >= 0.3 is 11.7 Å². The molecule has 0 aliphatic carbocycles. The van der Waals surface area contributed by atoms with Crippen LogP contribution in [0.3, 0.4) is 0 Å². The van der Waals surface area contributed by atoms with E-state index in [2.05, 4.69) is 0 Å². The van der Waals surface area contributed by atoms with Crippen molar-refractivity contribution >= 4 is 17.1 Å². The molecule has 25 heavy (non-hydrogen) atoms. The highest BCUT2D eigenvalue weighted by atomic mass is 16.7.